The fourth-order valence-electron chi connectivity index (χ4n) is 5.34. The van der Waals surface area contributed by atoms with E-state index in [-0.39, 0.29) is 33.4 Å². The van der Waals surface area contributed by atoms with Crippen molar-refractivity contribution in [3.05, 3.63) is 82.8 Å². The molecule has 0 spiro atoms. The predicted molar refractivity (Wildman–Crippen MR) is 154 cm³/mol. The summed E-state index contributed by atoms with van der Waals surface area (Å²) in [7, 11) is 2.89. The zero-order valence-corrected chi connectivity index (χ0v) is 23.5. The second kappa shape index (κ2) is 11.8. The molecule has 1 fully saturated rings. The van der Waals surface area contributed by atoms with E-state index < -0.39 is 35.9 Å². The van der Waals surface area contributed by atoms with Crippen LogP contribution in [0.4, 0.5) is 34.6 Å². The highest BCUT2D eigenvalue weighted by molar-refractivity contribution is 6.02. The minimum absolute atomic E-state index is 0.0412. The molecule has 0 saturated carbocycles. The maximum atomic E-state index is 15.2. The molecule has 1 saturated heterocycles. The normalized spacial score (nSPS) is 16.8. The van der Waals surface area contributed by atoms with Gasteiger partial charge >= 0.3 is 12.1 Å². The first-order valence-electron chi connectivity index (χ1n) is 13.4. The molecule has 226 valence electrons. The van der Waals surface area contributed by atoms with Gasteiger partial charge in [0.25, 0.3) is 0 Å². The number of hydrogen-bond donors (Lipinski definition) is 0. The van der Waals surface area contributed by atoms with Crippen LogP contribution in [0.1, 0.15) is 23.6 Å². The monoisotopic (exact) mass is 599 g/mol. The fraction of sp³-hybridized carbons (Fsp3) is 0.300. The van der Waals surface area contributed by atoms with E-state index >= 15 is 4.39 Å². The molecule has 2 aliphatic rings. The molecule has 43 heavy (non-hydrogen) atoms. The number of anilines is 2. The lowest BCUT2D eigenvalue weighted by Crippen LogP contribution is -2.55. The molecular weight excluding hydrogens is 570 g/mol. The number of halogens is 4. The molecule has 1 amide bonds. The van der Waals surface area contributed by atoms with Crippen LogP contribution in [0.2, 0.25) is 0 Å². The van der Waals surface area contributed by atoms with Crippen molar-refractivity contribution in [2.45, 2.75) is 18.6 Å². The molecule has 0 radical (unpaired) electrons. The van der Waals surface area contributed by atoms with Gasteiger partial charge in [0.15, 0.2) is 0 Å². The maximum absolute atomic E-state index is 15.2. The first kappa shape index (κ1) is 29.7. The zero-order chi connectivity index (χ0) is 30.9. The Hall–Kier alpha value is -4.81. The third-order valence-corrected chi connectivity index (χ3v) is 7.51. The number of ether oxygens (including phenoxy) is 2. The average molecular weight is 600 g/mol. The van der Waals surface area contributed by atoms with Crippen LogP contribution in [0.5, 0.6) is 11.5 Å². The van der Waals surface area contributed by atoms with Gasteiger partial charge in [-0.25, -0.2) is 14.2 Å². The highest BCUT2D eigenvalue weighted by Crippen LogP contribution is 2.46. The van der Waals surface area contributed by atoms with Crippen molar-refractivity contribution in [3.63, 3.8) is 0 Å². The number of carbonyl (C=O) groups is 1. The first-order valence-corrected chi connectivity index (χ1v) is 13.4. The Kier molecular flexibility index (Phi) is 8.16. The van der Waals surface area contributed by atoms with E-state index in [1.165, 1.54) is 36.3 Å². The van der Waals surface area contributed by atoms with E-state index in [0.717, 1.165) is 17.8 Å². The average Bonchev–Trinajstić information content (AvgIpc) is 3.00. The lowest BCUT2D eigenvalue weighted by atomic mass is 9.96. The number of nitrogens with zero attached hydrogens (tertiary/aromatic N) is 5. The molecule has 0 N–H and O–H groups in total. The van der Waals surface area contributed by atoms with Crippen LogP contribution in [0, 0.1) is 11.0 Å². The maximum Gasteiger partial charge on any atom is 0.416 e. The number of rotatable bonds is 6. The Morgan fingerprint density at radius 3 is 2.37 bits per heavy atom. The third-order valence-electron chi connectivity index (χ3n) is 7.51. The summed E-state index contributed by atoms with van der Waals surface area (Å²) >= 11 is 0. The van der Waals surface area contributed by atoms with Crippen molar-refractivity contribution in [1.82, 2.24) is 4.90 Å². The van der Waals surface area contributed by atoms with Crippen molar-refractivity contribution in [2.75, 3.05) is 50.2 Å². The number of alkyl halides is 3. The van der Waals surface area contributed by atoms with Crippen LogP contribution in [0.3, 0.4) is 0 Å². The van der Waals surface area contributed by atoms with E-state index in [0.29, 0.717) is 31.9 Å². The van der Waals surface area contributed by atoms with Crippen molar-refractivity contribution < 1.29 is 36.6 Å². The number of hydroxylamine groups is 1. The van der Waals surface area contributed by atoms with Gasteiger partial charge < -0.3 is 29.4 Å². The van der Waals surface area contributed by atoms with Crippen molar-refractivity contribution >= 4 is 35.6 Å². The Labute approximate surface area is 245 Å². The number of hydrogen-bond acceptors (Lipinski definition) is 8. The fourth-order valence-corrected chi connectivity index (χ4v) is 5.34. The van der Waals surface area contributed by atoms with Gasteiger partial charge in [0, 0.05) is 43.5 Å². The molecule has 2 aliphatic heterocycles. The van der Waals surface area contributed by atoms with E-state index in [2.05, 4.69) is 16.6 Å². The number of methoxy groups -OCH3 is 2. The summed E-state index contributed by atoms with van der Waals surface area (Å²) in [4.78, 5) is 22.7. The van der Waals surface area contributed by atoms with Crippen LogP contribution in [-0.4, -0.2) is 68.6 Å². The minimum atomic E-state index is -4.69. The number of carbonyl (C=O) groups excluding carboxylic acids is 1. The van der Waals surface area contributed by atoms with E-state index in [9.17, 15) is 23.2 Å². The molecule has 0 aromatic heterocycles. The number of benzene rings is 3. The Morgan fingerprint density at radius 2 is 1.72 bits per heavy atom. The third kappa shape index (κ3) is 5.92. The number of guanidine groups is 1. The lowest BCUT2D eigenvalue weighted by Gasteiger charge is -2.45. The molecule has 0 aliphatic carbocycles. The molecule has 0 bridgehead atoms. The van der Waals surface area contributed by atoms with Gasteiger partial charge in [-0.15, -0.1) is 4.74 Å². The van der Waals surface area contributed by atoms with Gasteiger partial charge in [-0.05, 0) is 36.4 Å². The van der Waals surface area contributed by atoms with Crippen molar-refractivity contribution in [2.24, 2.45) is 4.99 Å². The number of fused-ring (bicyclic) bond motifs is 1. The summed E-state index contributed by atoms with van der Waals surface area (Å²) in [5, 5.41) is 11.9. The van der Waals surface area contributed by atoms with E-state index in [1.54, 1.807) is 7.11 Å². The molecule has 2 heterocycles. The SMILES string of the molecule is C=[N+]([O-])C(=O)C[C@H]1c2cccc(F)c2N=C(N2CCN(c3cccc(OC)c3)CC2)N1c1cc(C(F)(F)F)ccc1OC. The number of para-hydroxylation sites is 1. The highest BCUT2D eigenvalue weighted by atomic mass is 19.4. The number of aliphatic imine (C=N–C) groups is 1. The van der Waals surface area contributed by atoms with Crippen LogP contribution >= 0.6 is 0 Å². The van der Waals surface area contributed by atoms with Crippen molar-refractivity contribution in [1.29, 1.82) is 0 Å². The Bertz CT molecular complexity index is 1570. The lowest BCUT2D eigenvalue weighted by molar-refractivity contribution is -0.374. The van der Waals surface area contributed by atoms with E-state index in [4.69, 9.17) is 9.47 Å². The topological polar surface area (TPSA) is 83.7 Å². The molecule has 0 unspecified atom stereocenters. The molecule has 5 rings (SSSR count). The summed E-state index contributed by atoms with van der Waals surface area (Å²) in [6.07, 6.45) is -5.20. The predicted octanol–water partition coefficient (Wildman–Crippen LogP) is 5.36. The van der Waals surface area contributed by atoms with Gasteiger partial charge in [0.1, 0.15) is 36.1 Å². The molecule has 3 aromatic carbocycles. The van der Waals surface area contributed by atoms with Crippen LogP contribution in [0.15, 0.2) is 65.7 Å². The van der Waals surface area contributed by atoms with Gasteiger partial charge in [0.2, 0.25) is 5.96 Å². The summed E-state index contributed by atoms with van der Waals surface area (Å²) in [5.74, 6) is -0.731. The second-order valence-electron chi connectivity index (χ2n) is 10.0. The summed E-state index contributed by atoms with van der Waals surface area (Å²) in [5.41, 5.74) is 0.0956. The van der Waals surface area contributed by atoms with Gasteiger partial charge in [-0.2, -0.15) is 13.2 Å². The Balaban J connectivity index is 1.62. The smallest absolute Gasteiger partial charge is 0.416 e. The largest absolute Gasteiger partial charge is 0.617 e. The summed E-state index contributed by atoms with van der Waals surface area (Å²) in [6.45, 7) is 4.85. The molecule has 13 heteroatoms. The van der Waals surface area contributed by atoms with Crippen LogP contribution in [0.25, 0.3) is 0 Å². The minimum Gasteiger partial charge on any atom is -0.617 e. The quantitative estimate of drug-likeness (QED) is 0.124. The first-order chi connectivity index (χ1) is 20.5. The molecular formula is C30H29F4N5O4. The number of piperazine rings is 1. The molecule has 1 atom stereocenters. The molecule has 3 aromatic rings. The van der Waals surface area contributed by atoms with Crippen LogP contribution < -0.4 is 19.3 Å². The summed E-state index contributed by atoms with van der Waals surface area (Å²) < 4.78 is 67.7. The van der Waals surface area contributed by atoms with Gasteiger partial charge in [0.05, 0.1) is 31.5 Å². The second-order valence-corrected chi connectivity index (χ2v) is 10.0. The van der Waals surface area contributed by atoms with Crippen molar-refractivity contribution in [3.8, 4) is 11.5 Å². The van der Waals surface area contributed by atoms with E-state index in [1.807, 2.05) is 29.2 Å². The highest BCUT2D eigenvalue weighted by Gasteiger charge is 2.41. The van der Waals surface area contributed by atoms with Gasteiger partial charge in [-0.1, -0.05) is 18.2 Å². The van der Waals surface area contributed by atoms with Crippen LogP contribution in [-0.2, 0) is 11.0 Å². The number of amides is 1. The standard InChI is InChI=1S/C30H29F4N5O4/c1-36(41)27(40)18-24-22-8-5-9-23(31)28(22)35-29(39(24)25-16-19(30(32,33)34)10-11-26(25)43-3)38-14-12-37(13-15-38)20-6-4-7-21(17-20)42-2/h4-11,16-17,24H,1,12-15,18H2,2-3H3/t24-/m0/s1. The van der Waals surface area contributed by atoms with Gasteiger partial charge in [-0.3, -0.25) is 0 Å². The summed E-state index contributed by atoms with van der Waals surface area (Å²) in [6, 6.07) is 13.6. The zero-order valence-electron chi connectivity index (χ0n) is 23.5. The molecule has 9 nitrogen and oxygen atoms in total. The Morgan fingerprint density at radius 1 is 1.02 bits per heavy atom.